The van der Waals surface area contributed by atoms with Gasteiger partial charge in [-0.05, 0) is 30.7 Å². The predicted octanol–water partition coefficient (Wildman–Crippen LogP) is 4.45. The first kappa shape index (κ1) is 21.4. The lowest BCUT2D eigenvalue weighted by Gasteiger charge is -2.22. The van der Waals surface area contributed by atoms with E-state index in [1.165, 1.54) is 12.1 Å². The number of fused-ring (bicyclic) bond motifs is 1. The third-order valence-electron chi connectivity index (χ3n) is 4.58. The first-order valence-corrected chi connectivity index (χ1v) is 8.57. The third-order valence-corrected chi connectivity index (χ3v) is 4.58. The molecule has 0 saturated heterocycles. The van der Waals surface area contributed by atoms with E-state index in [0.29, 0.717) is 6.07 Å². The summed E-state index contributed by atoms with van der Waals surface area (Å²) in [5.41, 5.74) is -3.78. The van der Waals surface area contributed by atoms with Crippen LogP contribution in [0.5, 0.6) is 0 Å². The van der Waals surface area contributed by atoms with E-state index in [0.717, 1.165) is 29.8 Å². The number of rotatable bonds is 5. The first-order chi connectivity index (χ1) is 13.9. The highest BCUT2D eigenvalue weighted by Gasteiger charge is 2.35. The minimum Gasteiger partial charge on any atom is -0.380 e. The van der Waals surface area contributed by atoms with Crippen molar-refractivity contribution in [2.45, 2.75) is 31.7 Å². The van der Waals surface area contributed by atoms with Crippen LogP contribution >= 0.6 is 0 Å². The van der Waals surface area contributed by atoms with Gasteiger partial charge in [-0.3, -0.25) is 9.48 Å². The van der Waals surface area contributed by atoms with Gasteiger partial charge in [-0.2, -0.15) is 17.6 Å². The van der Waals surface area contributed by atoms with Gasteiger partial charge < -0.3 is 5.11 Å². The summed E-state index contributed by atoms with van der Waals surface area (Å²) >= 11 is 0. The highest BCUT2D eigenvalue weighted by Crippen LogP contribution is 2.37. The fourth-order valence-corrected chi connectivity index (χ4v) is 3.01. The quantitative estimate of drug-likeness (QED) is 0.488. The summed E-state index contributed by atoms with van der Waals surface area (Å²) in [4.78, 5) is 15.4. The molecule has 1 aromatic heterocycles. The van der Waals surface area contributed by atoms with Crippen LogP contribution in [0.4, 0.5) is 27.6 Å². The molecular weight excluding hydrogens is 409 g/mol. The second-order valence-corrected chi connectivity index (χ2v) is 6.94. The number of alkyl halides is 3. The van der Waals surface area contributed by atoms with E-state index in [1.807, 2.05) is 0 Å². The fraction of sp³-hybridized carbons (Fsp3) is 0.250. The molecule has 30 heavy (non-hydrogen) atoms. The molecule has 3 aromatic rings. The zero-order valence-electron chi connectivity index (χ0n) is 15.5. The first-order valence-electron chi connectivity index (χ1n) is 8.57. The number of carbonyl (C=O) groups is 1. The van der Waals surface area contributed by atoms with Crippen LogP contribution in [0.1, 0.15) is 18.1 Å². The number of aliphatic hydroxyl groups is 1. The molecule has 5 nitrogen and oxygen atoms in total. The van der Waals surface area contributed by atoms with Gasteiger partial charge in [0, 0.05) is 6.42 Å². The van der Waals surface area contributed by atoms with Gasteiger partial charge in [0.2, 0.25) is 5.95 Å². The Morgan fingerprint density at radius 3 is 2.53 bits per heavy atom. The number of aromatic nitrogens is 2. The molecule has 1 atom stereocenters. The number of benzene rings is 2. The monoisotopic (exact) mass is 423 g/mol. The number of carbonyl (C=O) groups excluding carboxylic acids is 1. The van der Waals surface area contributed by atoms with E-state index in [1.54, 1.807) is 0 Å². The zero-order valence-corrected chi connectivity index (χ0v) is 15.5. The molecule has 2 aromatic carbocycles. The summed E-state index contributed by atoms with van der Waals surface area (Å²) in [6, 6.07) is 6.06. The molecule has 0 aliphatic carbocycles. The predicted molar refractivity (Wildman–Crippen MR) is 96.7 cm³/mol. The van der Waals surface area contributed by atoms with Crippen molar-refractivity contribution >= 4 is 22.4 Å². The van der Waals surface area contributed by atoms with Crippen LogP contribution < -0.4 is 0 Å². The number of hydrogen-bond acceptors (Lipinski definition) is 3. The minimum atomic E-state index is -4.78. The van der Waals surface area contributed by atoms with Crippen molar-refractivity contribution in [3.8, 4) is 0 Å². The normalized spacial score (nSPS) is 13.8. The van der Waals surface area contributed by atoms with Crippen molar-refractivity contribution in [3.05, 3.63) is 70.7 Å². The Morgan fingerprint density at radius 2 is 1.90 bits per heavy atom. The summed E-state index contributed by atoms with van der Waals surface area (Å²) in [5, 5.41) is 14.0. The van der Waals surface area contributed by atoms with Crippen LogP contribution in [0, 0.1) is 18.3 Å². The Hall–Kier alpha value is -3.32. The average molecular weight is 423 g/mol. The molecule has 0 bridgehead atoms. The van der Waals surface area contributed by atoms with Gasteiger partial charge >= 0.3 is 6.18 Å². The van der Waals surface area contributed by atoms with Crippen LogP contribution in [0.25, 0.3) is 15.7 Å². The van der Waals surface area contributed by atoms with Crippen molar-refractivity contribution in [3.63, 3.8) is 0 Å². The molecule has 0 unspecified atom stereocenters. The molecule has 10 heteroatoms. The van der Waals surface area contributed by atoms with E-state index in [2.05, 4.69) is 9.94 Å². The summed E-state index contributed by atoms with van der Waals surface area (Å²) in [6.45, 7) is 7.47. The van der Waals surface area contributed by atoms with Gasteiger partial charge in [0.05, 0.1) is 29.6 Å². The molecular formula is C20H14F5N3O2. The third kappa shape index (κ3) is 4.16. The number of ketones is 1. The molecule has 0 radical (unpaired) electrons. The van der Waals surface area contributed by atoms with E-state index in [-0.39, 0.29) is 16.5 Å². The van der Waals surface area contributed by atoms with Crippen LogP contribution in [0.2, 0.25) is 0 Å². The molecule has 1 heterocycles. The molecule has 1 N–H and O–H groups in total. The summed E-state index contributed by atoms with van der Waals surface area (Å²) in [7, 11) is 0. The number of halogens is 5. The van der Waals surface area contributed by atoms with Gasteiger partial charge in [-0.25, -0.2) is 9.24 Å². The maximum atomic E-state index is 13.9. The summed E-state index contributed by atoms with van der Waals surface area (Å²) < 4.78 is 67.5. The molecule has 0 spiro atoms. The van der Waals surface area contributed by atoms with Crippen molar-refractivity contribution in [2.75, 3.05) is 0 Å². The van der Waals surface area contributed by atoms with E-state index in [4.69, 9.17) is 6.57 Å². The molecule has 0 amide bonds. The Bertz CT molecular complexity index is 1180. The van der Waals surface area contributed by atoms with Crippen molar-refractivity contribution < 1.29 is 31.9 Å². The second-order valence-electron chi connectivity index (χ2n) is 6.94. The smallest absolute Gasteiger partial charge is 0.380 e. The topological polar surface area (TPSA) is 59.5 Å². The lowest BCUT2D eigenvalue weighted by molar-refractivity contribution is -0.138. The van der Waals surface area contributed by atoms with Gasteiger partial charge in [0.1, 0.15) is 11.4 Å². The molecule has 0 aliphatic rings. The van der Waals surface area contributed by atoms with Crippen LogP contribution in [-0.4, -0.2) is 26.3 Å². The maximum absolute atomic E-state index is 13.9. The van der Waals surface area contributed by atoms with Gasteiger partial charge in [-0.15, -0.1) is 5.10 Å². The maximum Gasteiger partial charge on any atom is 0.407 e. The fourth-order valence-electron chi connectivity index (χ4n) is 3.01. The molecule has 156 valence electrons. The Labute approximate surface area is 167 Å². The summed E-state index contributed by atoms with van der Waals surface area (Å²) in [5.74, 6) is -2.51. The number of hydrogen-bond donors (Lipinski definition) is 1. The van der Waals surface area contributed by atoms with Gasteiger partial charge in [0.25, 0.3) is 0 Å². The number of Topliss-reactive ketones (excluding diaryl/α,β-unsaturated/α-hetero) is 1. The average Bonchev–Trinajstić information content (AvgIpc) is 2.95. The molecule has 0 aliphatic heterocycles. The molecule has 0 fully saturated rings. The van der Waals surface area contributed by atoms with Gasteiger partial charge in [0.15, 0.2) is 11.5 Å². The second kappa shape index (κ2) is 7.50. The molecule has 3 rings (SSSR count). The Balaban J connectivity index is 1.86. The minimum absolute atomic E-state index is 0.0430. The largest absolute Gasteiger partial charge is 0.407 e. The number of nitrogens with zero attached hydrogens (tertiary/aromatic N) is 3. The lowest BCUT2D eigenvalue weighted by atomic mass is 9.94. The Kier molecular flexibility index (Phi) is 5.34. The molecule has 0 saturated carbocycles. The SMILES string of the molecule is [C-]#[N+]c1ccc(CC(=O)[C@@](C)(O)Cn2nc(F)c3cc(F)ccc32)cc1C(F)(F)F. The van der Waals surface area contributed by atoms with Crippen LogP contribution in [-0.2, 0) is 23.9 Å². The van der Waals surface area contributed by atoms with Crippen molar-refractivity contribution in [1.82, 2.24) is 9.78 Å². The van der Waals surface area contributed by atoms with Crippen LogP contribution in [0.15, 0.2) is 36.4 Å². The Morgan fingerprint density at radius 1 is 1.20 bits per heavy atom. The standard InChI is InChI=1S/C20H14F5N3O2/c1-19(30,10-28-16-6-4-12(21)9-13(16)18(22)27-28)17(29)8-11-3-5-15(26-2)14(7-11)20(23,24)25/h3-7,9,30H,8,10H2,1H3/t19-/m0/s1. The summed E-state index contributed by atoms with van der Waals surface area (Å²) in [6.07, 6.45) is -5.33. The van der Waals surface area contributed by atoms with E-state index >= 15 is 0 Å². The lowest BCUT2D eigenvalue weighted by Crippen LogP contribution is -2.41. The van der Waals surface area contributed by atoms with Crippen LogP contribution in [0.3, 0.4) is 0 Å². The van der Waals surface area contributed by atoms with E-state index < -0.39 is 53.5 Å². The van der Waals surface area contributed by atoms with Crippen molar-refractivity contribution in [2.24, 2.45) is 0 Å². The highest BCUT2D eigenvalue weighted by molar-refractivity contribution is 5.89. The van der Waals surface area contributed by atoms with Gasteiger partial charge in [-0.1, -0.05) is 18.2 Å². The van der Waals surface area contributed by atoms with E-state index in [9.17, 15) is 31.9 Å². The zero-order chi connectivity index (χ0) is 22.3. The van der Waals surface area contributed by atoms with Crippen molar-refractivity contribution in [1.29, 1.82) is 0 Å². The highest BCUT2D eigenvalue weighted by atomic mass is 19.4.